The molecule has 1 fully saturated rings. The first-order valence-corrected chi connectivity index (χ1v) is 8.87. The van der Waals surface area contributed by atoms with Gasteiger partial charge in [-0.1, -0.05) is 6.92 Å². The highest BCUT2D eigenvalue weighted by atomic mass is 16.5. The van der Waals surface area contributed by atoms with Crippen LogP contribution in [0, 0.1) is 11.3 Å². The van der Waals surface area contributed by atoms with E-state index >= 15 is 0 Å². The quantitative estimate of drug-likeness (QED) is 0.768. The highest BCUT2D eigenvalue weighted by Crippen LogP contribution is 2.34. The molecule has 1 saturated heterocycles. The zero-order chi connectivity index (χ0) is 17.5. The lowest BCUT2D eigenvalue weighted by Gasteiger charge is -2.41. The Morgan fingerprint density at radius 1 is 1.21 bits per heavy atom. The molecule has 0 amide bonds. The van der Waals surface area contributed by atoms with E-state index in [2.05, 4.69) is 29.8 Å². The first kappa shape index (κ1) is 18.6. The summed E-state index contributed by atoms with van der Waals surface area (Å²) >= 11 is 0. The highest BCUT2D eigenvalue weighted by Gasteiger charge is 2.30. The minimum atomic E-state index is -0.287. The van der Waals surface area contributed by atoms with Gasteiger partial charge in [0.15, 0.2) is 0 Å². The van der Waals surface area contributed by atoms with E-state index in [4.69, 9.17) is 9.47 Å². The van der Waals surface area contributed by atoms with Crippen molar-refractivity contribution in [3.8, 4) is 17.6 Å². The number of piperazine rings is 1. The molecule has 0 saturated carbocycles. The second kappa shape index (κ2) is 8.91. The number of nitrogens with zero attached hydrogens (tertiary/aromatic N) is 3. The maximum Gasteiger partial charge on any atom is 0.128 e. The van der Waals surface area contributed by atoms with Crippen molar-refractivity contribution in [1.82, 2.24) is 9.80 Å². The van der Waals surface area contributed by atoms with Crippen LogP contribution in [0.1, 0.15) is 38.8 Å². The van der Waals surface area contributed by atoms with Gasteiger partial charge in [-0.25, -0.2) is 0 Å². The molecule has 132 valence electrons. The fourth-order valence-electron chi connectivity index (χ4n) is 3.27. The molecule has 5 heteroatoms. The van der Waals surface area contributed by atoms with Crippen LogP contribution < -0.4 is 9.47 Å². The average Bonchev–Trinajstić information content (AvgIpc) is 2.59. The van der Waals surface area contributed by atoms with Gasteiger partial charge in [0.25, 0.3) is 0 Å². The van der Waals surface area contributed by atoms with Crippen LogP contribution in [0.4, 0.5) is 0 Å². The highest BCUT2D eigenvalue weighted by molar-refractivity contribution is 5.44. The molecule has 2 rings (SSSR count). The minimum absolute atomic E-state index is 0.287. The van der Waals surface area contributed by atoms with Crippen molar-refractivity contribution in [2.45, 2.75) is 39.3 Å². The Balaban J connectivity index is 2.27. The normalized spacial score (nSPS) is 20.4. The van der Waals surface area contributed by atoms with Crippen molar-refractivity contribution in [3.63, 3.8) is 0 Å². The van der Waals surface area contributed by atoms with Gasteiger partial charge in [0, 0.05) is 37.3 Å². The monoisotopic (exact) mass is 331 g/mol. The van der Waals surface area contributed by atoms with Gasteiger partial charge in [-0.15, -0.1) is 0 Å². The van der Waals surface area contributed by atoms with Gasteiger partial charge in [0.1, 0.15) is 17.5 Å². The van der Waals surface area contributed by atoms with Crippen molar-refractivity contribution >= 4 is 0 Å². The van der Waals surface area contributed by atoms with Gasteiger partial charge in [-0.2, -0.15) is 5.26 Å². The molecule has 24 heavy (non-hydrogen) atoms. The standard InChI is InChI=1S/C19H29N3O2/c1-5-15-14-22(11-10-21(15)4)18(13-20)17-9-8-16(23-6-2)12-19(17)24-7-3/h8-9,12,15,18H,5-7,10-11,14H2,1-4H3. The molecule has 5 nitrogen and oxygen atoms in total. The predicted molar refractivity (Wildman–Crippen MR) is 95.4 cm³/mol. The van der Waals surface area contributed by atoms with Crippen LogP contribution in [-0.2, 0) is 0 Å². The summed E-state index contributed by atoms with van der Waals surface area (Å²) in [5, 5.41) is 9.83. The van der Waals surface area contributed by atoms with Crippen molar-refractivity contribution in [1.29, 1.82) is 5.26 Å². The summed E-state index contributed by atoms with van der Waals surface area (Å²) in [6, 6.07) is 8.50. The molecule has 1 aromatic rings. The molecular weight excluding hydrogens is 302 g/mol. The summed E-state index contributed by atoms with van der Waals surface area (Å²) in [4.78, 5) is 4.65. The second-order valence-electron chi connectivity index (χ2n) is 6.13. The Hall–Kier alpha value is -1.77. The van der Waals surface area contributed by atoms with Crippen molar-refractivity contribution in [3.05, 3.63) is 23.8 Å². The number of hydrogen-bond acceptors (Lipinski definition) is 5. The van der Waals surface area contributed by atoms with Gasteiger partial charge in [0.2, 0.25) is 0 Å². The maximum absolute atomic E-state index is 9.83. The number of ether oxygens (including phenoxy) is 2. The van der Waals surface area contributed by atoms with E-state index in [1.807, 2.05) is 32.0 Å². The summed E-state index contributed by atoms with van der Waals surface area (Å²) in [7, 11) is 2.16. The van der Waals surface area contributed by atoms with Crippen molar-refractivity contribution in [2.24, 2.45) is 0 Å². The lowest BCUT2D eigenvalue weighted by molar-refractivity contribution is 0.0765. The van der Waals surface area contributed by atoms with Crippen LogP contribution in [0.5, 0.6) is 11.5 Å². The average molecular weight is 331 g/mol. The third kappa shape index (κ3) is 4.19. The zero-order valence-corrected chi connectivity index (χ0v) is 15.3. The third-order valence-corrected chi connectivity index (χ3v) is 4.66. The lowest BCUT2D eigenvalue weighted by Crippen LogP contribution is -2.51. The SMILES string of the molecule is CCOc1ccc(C(C#N)N2CCN(C)C(CC)C2)c(OCC)c1. The Morgan fingerprint density at radius 3 is 2.58 bits per heavy atom. The molecule has 2 unspecified atom stereocenters. The molecule has 1 heterocycles. The molecule has 1 aromatic carbocycles. The maximum atomic E-state index is 9.83. The van der Waals surface area contributed by atoms with Crippen LogP contribution in [0.2, 0.25) is 0 Å². The Bertz CT molecular complexity index is 570. The second-order valence-corrected chi connectivity index (χ2v) is 6.13. The molecule has 0 radical (unpaired) electrons. The molecule has 1 aliphatic heterocycles. The molecule has 1 aliphatic rings. The number of benzene rings is 1. The molecule has 2 atom stereocenters. The summed E-state index contributed by atoms with van der Waals surface area (Å²) in [6.45, 7) is 10.1. The predicted octanol–water partition coefficient (Wildman–Crippen LogP) is 3.07. The van der Waals surface area contributed by atoms with Crippen LogP contribution in [0.25, 0.3) is 0 Å². The Labute approximate surface area is 145 Å². The Morgan fingerprint density at radius 2 is 1.96 bits per heavy atom. The lowest BCUT2D eigenvalue weighted by atomic mass is 10.0. The van der Waals surface area contributed by atoms with E-state index < -0.39 is 0 Å². The van der Waals surface area contributed by atoms with Crippen LogP contribution >= 0.6 is 0 Å². The summed E-state index contributed by atoms with van der Waals surface area (Å²) in [5.74, 6) is 1.54. The van der Waals surface area contributed by atoms with E-state index in [9.17, 15) is 5.26 Å². The fourth-order valence-corrected chi connectivity index (χ4v) is 3.27. The van der Waals surface area contributed by atoms with Crippen molar-refractivity contribution in [2.75, 3.05) is 39.9 Å². The van der Waals surface area contributed by atoms with E-state index in [1.165, 1.54) is 0 Å². The van der Waals surface area contributed by atoms with E-state index in [0.29, 0.717) is 19.3 Å². The third-order valence-electron chi connectivity index (χ3n) is 4.66. The molecule has 0 bridgehead atoms. The van der Waals surface area contributed by atoms with Crippen LogP contribution in [0.15, 0.2) is 18.2 Å². The number of likely N-dealkylation sites (N-methyl/N-ethyl adjacent to an activating group) is 1. The molecular formula is C19H29N3O2. The largest absolute Gasteiger partial charge is 0.494 e. The summed E-state index contributed by atoms with van der Waals surface area (Å²) in [5.41, 5.74) is 0.933. The fraction of sp³-hybridized carbons (Fsp3) is 0.632. The zero-order valence-electron chi connectivity index (χ0n) is 15.3. The van der Waals surface area contributed by atoms with Gasteiger partial charge < -0.3 is 14.4 Å². The molecule has 0 N–H and O–H groups in total. The van der Waals surface area contributed by atoms with Gasteiger partial charge in [0.05, 0.1) is 19.3 Å². The summed E-state index contributed by atoms with van der Waals surface area (Å²) in [6.07, 6.45) is 1.09. The van der Waals surface area contributed by atoms with Gasteiger partial charge in [-0.05, 0) is 39.4 Å². The van der Waals surface area contributed by atoms with E-state index in [1.54, 1.807) is 0 Å². The molecule has 0 spiro atoms. The number of nitriles is 1. The van der Waals surface area contributed by atoms with Gasteiger partial charge in [-0.3, -0.25) is 4.90 Å². The first-order chi connectivity index (χ1) is 11.6. The van der Waals surface area contributed by atoms with Gasteiger partial charge >= 0.3 is 0 Å². The van der Waals surface area contributed by atoms with E-state index in [-0.39, 0.29) is 6.04 Å². The van der Waals surface area contributed by atoms with Crippen LogP contribution in [-0.4, -0.2) is 55.7 Å². The van der Waals surface area contributed by atoms with Crippen LogP contribution in [0.3, 0.4) is 0 Å². The summed E-state index contributed by atoms with van der Waals surface area (Å²) < 4.78 is 11.4. The van der Waals surface area contributed by atoms with E-state index in [0.717, 1.165) is 43.1 Å². The van der Waals surface area contributed by atoms with Crippen molar-refractivity contribution < 1.29 is 9.47 Å². The Kier molecular flexibility index (Phi) is 6.89. The minimum Gasteiger partial charge on any atom is -0.494 e. The smallest absolute Gasteiger partial charge is 0.128 e. The molecule has 0 aromatic heterocycles. The number of rotatable bonds is 7. The number of hydrogen-bond donors (Lipinski definition) is 0. The first-order valence-electron chi connectivity index (χ1n) is 8.87. The molecule has 0 aliphatic carbocycles. The topological polar surface area (TPSA) is 48.7 Å².